The van der Waals surface area contributed by atoms with Gasteiger partial charge in [0.2, 0.25) is 0 Å². The fourth-order valence-electron chi connectivity index (χ4n) is 4.50. The number of hydrogen-bond acceptors (Lipinski definition) is 7. The van der Waals surface area contributed by atoms with Gasteiger partial charge in [0.05, 0.1) is 37.0 Å². The van der Waals surface area contributed by atoms with E-state index in [1.54, 1.807) is 13.0 Å². The van der Waals surface area contributed by atoms with Crippen LogP contribution in [0.15, 0.2) is 49.6 Å². The summed E-state index contributed by atoms with van der Waals surface area (Å²) in [6.07, 6.45) is -4.21. The first kappa shape index (κ1) is 37.4. The van der Waals surface area contributed by atoms with E-state index < -0.39 is 75.6 Å². The van der Waals surface area contributed by atoms with Crippen LogP contribution in [-0.4, -0.2) is 45.4 Å². The molecule has 248 valence electrons. The molecule has 0 spiro atoms. The van der Waals surface area contributed by atoms with E-state index in [4.69, 9.17) is 13.7 Å². The van der Waals surface area contributed by atoms with Crippen molar-refractivity contribution in [2.24, 2.45) is 0 Å². The van der Waals surface area contributed by atoms with Crippen molar-refractivity contribution in [3.63, 3.8) is 0 Å². The number of esters is 1. The predicted molar refractivity (Wildman–Crippen MR) is 158 cm³/mol. The average molecular weight is 662 g/mol. The number of alkyl halides is 3. The number of carbonyl (C=O) groups excluding carboxylic acids is 2. The lowest BCUT2D eigenvalue weighted by atomic mass is 9.91. The first-order chi connectivity index (χ1) is 20.9. The highest BCUT2D eigenvalue weighted by Gasteiger charge is 2.38. The molecule has 0 aliphatic heterocycles. The van der Waals surface area contributed by atoms with E-state index in [0.29, 0.717) is 25.2 Å². The van der Waals surface area contributed by atoms with Crippen LogP contribution in [0.25, 0.3) is 11.1 Å². The number of benzene rings is 2. The van der Waals surface area contributed by atoms with E-state index in [9.17, 15) is 35.6 Å². The quantitative estimate of drug-likeness (QED) is 0.0921. The molecule has 1 N–H and O–H groups in total. The van der Waals surface area contributed by atoms with Crippen molar-refractivity contribution in [3.05, 3.63) is 77.9 Å². The molecular formula is C31H36F5NO7S. The molecule has 1 unspecified atom stereocenters. The number of allylic oxidation sites excluding steroid dienone is 1. The number of nitrogens with one attached hydrogen (secondary N) is 1. The Balaban J connectivity index is 2.84. The van der Waals surface area contributed by atoms with Gasteiger partial charge in [-0.1, -0.05) is 12.2 Å². The molecule has 0 saturated carbocycles. The summed E-state index contributed by atoms with van der Waals surface area (Å²) >= 11 is 0. The molecule has 14 heteroatoms. The van der Waals surface area contributed by atoms with E-state index in [1.165, 1.54) is 13.8 Å². The van der Waals surface area contributed by atoms with E-state index in [-0.39, 0.29) is 35.5 Å². The molecule has 0 fully saturated rings. The van der Waals surface area contributed by atoms with E-state index >= 15 is 4.39 Å². The zero-order valence-corrected chi connectivity index (χ0v) is 26.1. The fourth-order valence-corrected chi connectivity index (χ4v) is 5.08. The van der Waals surface area contributed by atoms with E-state index in [0.717, 1.165) is 24.3 Å². The second kappa shape index (κ2) is 16.0. The summed E-state index contributed by atoms with van der Waals surface area (Å²) in [5.41, 5.74) is -2.58. The SMILES string of the molecule is C=CCCC(C)Oc1cc(F)cc(C)c1-c1cc([C@H](CC(=O)OCC)NC(=O)[C@@H](CC=C)OS(C)(=O)=O)c(F)c(C(F)(F)F)c1. The van der Waals surface area contributed by atoms with Crippen molar-refractivity contribution < 1.29 is 53.6 Å². The van der Waals surface area contributed by atoms with Crippen molar-refractivity contribution in [3.8, 4) is 16.9 Å². The first-order valence-electron chi connectivity index (χ1n) is 13.9. The molecule has 2 rings (SSSR count). The molecule has 0 aliphatic rings. The number of rotatable bonds is 16. The van der Waals surface area contributed by atoms with Crippen LogP contribution in [0.5, 0.6) is 5.75 Å². The van der Waals surface area contributed by atoms with Crippen LogP contribution < -0.4 is 10.1 Å². The summed E-state index contributed by atoms with van der Waals surface area (Å²) in [5.74, 6) is -4.82. The average Bonchev–Trinajstić information content (AvgIpc) is 2.90. The van der Waals surface area contributed by atoms with Gasteiger partial charge in [0.15, 0.2) is 6.10 Å². The molecule has 0 radical (unpaired) electrons. The van der Waals surface area contributed by atoms with Crippen molar-refractivity contribution in [2.75, 3.05) is 12.9 Å². The van der Waals surface area contributed by atoms with Gasteiger partial charge in [-0.3, -0.25) is 13.8 Å². The molecule has 0 bridgehead atoms. The largest absolute Gasteiger partial charge is 0.490 e. The predicted octanol–water partition coefficient (Wildman–Crippen LogP) is 6.72. The molecule has 8 nitrogen and oxygen atoms in total. The van der Waals surface area contributed by atoms with Crippen LogP contribution in [0.1, 0.15) is 62.3 Å². The summed E-state index contributed by atoms with van der Waals surface area (Å²) in [6, 6.07) is 1.77. The van der Waals surface area contributed by atoms with Crippen LogP contribution >= 0.6 is 0 Å². The minimum absolute atomic E-state index is 0.0137. The Morgan fingerprint density at radius 1 is 1.09 bits per heavy atom. The molecule has 0 aromatic heterocycles. The highest BCUT2D eigenvalue weighted by Crippen LogP contribution is 2.42. The van der Waals surface area contributed by atoms with Crippen LogP contribution in [-0.2, 0) is 34.8 Å². The van der Waals surface area contributed by atoms with Crippen LogP contribution in [0.2, 0.25) is 0 Å². The normalized spacial score (nSPS) is 13.8. The fraction of sp³-hybridized carbons (Fsp3) is 0.419. The molecule has 2 aromatic carbocycles. The van der Waals surface area contributed by atoms with Gasteiger partial charge in [-0.15, -0.1) is 13.2 Å². The Kier molecular flexibility index (Phi) is 13.3. The number of carbonyl (C=O) groups is 2. The Hall–Kier alpha value is -3.78. The van der Waals surface area contributed by atoms with E-state index in [1.807, 2.05) is 0 Å². The first-order valence-corrected chi connectivity index (χ1v) is 15.7. The third-order valence-electron chi connectivity index (χ3n) is 6.40. The second-order valence-corrected chi connectivity index (χ2v) is 11.8. The third kappa shape index (κ3) is 11.0. The summed E-state index contributed by atoms with van der Waals surface area (Å²) < 4.78 is 112. The molecule has 0 aliphatic carbocycles. The number of amides is 1. The molecule has 0 saturated heterocycles. The van der Waals surface area contributed by atoms with Crippen LogP contribution in [0, 0.1) is 18.6 Å². The Morgan fingerprint density at radius 2 is 1.76 bits per heavy atom. The third-order valence-corrected chi connectivity index (χ3v) is 6.98. The Labute approximate surface area is 259 Å². The van der Waals surface area contributed by atoms with Gasteiger partial charge in [0, 0.05) is 23.6 Å². The van der Waals surface area contributed by atoms with Gasteiger partial charge in [-0.2, -0.15) is 21.6 Å². The standard InChI is InChI=1S/C31H36F5NO7S/c1-7-10-12-19(5)43-26-16-21(32)13-18(4)28(26)20-14-22(29(33)23(15-20)31(34,35)36)24(17-27(38)42-9-3)37-30(39)25(11-8-2)44-45(6,40)41/h7-8,13-16,19,24-25H,1-2,9-12,17H2,3-6H3,(H,37,39)/t19?,24-,25+/m0/s1. The number of halogens is 5. The van der Waals surface area contributed by atoms with Gasteiger partial charge >= 0.3 is 12.1 Å². The zero-order chi connectivity index (χ0) is 34.1. The van der Waals surface area contributed by atoms with E-state index in [2.05, 4.69) is 18.5 Å². The number of ether oxygens (including phenoxy) is 2. The van der Waals surface area contributed by atoms with Crippen molar-refractivity contribution in [2.45, 2.75) is 70.9 Å². The molecular weight excluding hydrogens is 625 g/mol. The summed E-state index contributed by atoms with van der Waals surface area (Å²) in [4.78, 5) is 25.6. The monoisotopic (exact) mass is 661 g/mol. The van der Waals surface area contributed by atoms with Crippen molar-refractivity contribution >= 4 is 22.0 Å². The van der Waals surface area contributed by atoms with Gasteiger partial charge in [-0.05, 0) is 62.9 Å². The maximum atomic E-state index is 15.8. The number of hydrogen-bond donors (Lipinski definition) is 1. The lowest BCUT2D eigenvalue weighted by Gasteiger charge is -2.25. The summed E-state index contributed by atoms with van der Waals surface area (Å²) in [5, 5.41) is 2.24. The molecule has 45 heavy (non-hydrogen) atoms. The minimum atomic E-state index is -5.25. The molecule has 1 amide bonds. The lowest BCUT2D eigenvalue weighted by molar-refractivity contribution is -0.144. The molecule has 2 aromatic rings. The molecule has 3 atom stereocenters. The van der Waals surface area contributed by atoms with Crippen LogP contribution in [0.3, 0.4) is 0 Å². The summed E-state index contributed by atoms with van der Waals surface area (Å²) in [7, 11) is -4.20. The van der Waals surface area contributed by atoms with Gasteiger partial charge in [0.1, 0.15) is 17.4 Å². The Morgan fingerprint density at radius 3 is 2.31 bits per heavy atom. The minimum Gasteiger partial charge on any atom is -0.490 e. The molecule has 0 heterocycles. The zero-order valence-electron chi connectivity index (χ0n) is 25.3. The Bertz CT molecular complexity index is 1510. The number of aryl methyl sites for hydroxylation is 1. The maximum Gasteiger partial charge on any atom is 0.419 e. The highest BCUT2D eigenvalue weighted by molar-refractivity contribution is 7.86. The second-order valence-electron chi connectivity index (χ2n) is 10.2. The lowest BCUT2D eigenvalue weighted by Crippen LogP contribution is -2.40. The van der Waals surface area contributed by atoms with Crippen molar-refractivity contribution in [1.29, 1.82) is 0 Å². The highest BCUT2D eigenvalue weighted by atomic mass is 32.2. The van der Waals surface area contributed by atoms with Gasteiger partial charge in [-0.25, -0.2) is 8.78 Å². The van der Waals surface area contributed by atoms with Gasteiger partial charge in [0.25, 0.3) is 16.0 Å². The summed E-state index contributed by atoms with van der Waals surface area (Å²) in [6.45, 7) is 11.5. The van der Waals surface area contributed by atoms with Crippen LogP contribution in [0.4, 0.5) is 22.0 Å². The topological polar surface area (TPSA) is 108 Å². The van der Waals surface area contributed by atoms with Gasteiger partial charge < -0.3 is 14.8 Å². The smallest absolute Gasteiger partial charge is 0.419 e. The van der Waals surface area contributed by atoms with Crippen molar-refractivity contribution in [1.82, 2.24) is 5.32 Å². The maximum absolute atomic E-state index is 15.8.